The predicted octanol–water partition coefficient (Wildman–Crippen LogP) is 3.64. The maximum Gasteiger partial charge on any atom is 0.259 e. The Kier molecular flexibility index (Phi) is 5.13. The third kappa shape index (κ3) is 3.16. The van der Waals surface area contributed by atoms with Crippen molar-refractivity contribution in [3.8, 4) is 11.3 Å². The number of halogens is 2. The normalized spacial score (nSPS) is 17.5. The van der Waals surface area contributed by atoms with Gasteiger partial charge in [0.05, 0.1) is 10.0 Å². The monoisotopic (exact) mass is 367 g/mol. The van der Waals surface area contributed by atoms with Crippen LogP contribution in [0.3, 0.4) is 0 Å². The molecule has 3 rings (SSSR count). The van der Waals surface area contributed by atoms with Crippen molar-refractivity contribution in [3.63, 3.8) is 0 Å². The highest BCUT2D eigenvalue weighted by molar-refractivity contribution is 6.39. The van der Waals surface area contributed by atoms with Gasteiger partial charge in [-0.05, 0) is 45.0 Å². The zero-order valence-corrected chi connectivity index (χ0v) is 15.1. The molecule has 0 radical (unpaired) electrons. The van der Waals surface area contributed by atoms with Gasteiger partial charge in [0.2, 0.25) is 0 Å². The predicted molar refractivity (Wildman–Crippen MR) is 94.6 cm³/mol. The van der Waals surface area contributed by atoms with Gasteiger partial charge in [-0.2, -0.15) is 0 Å². The highest BCUT2D eigenvalue weighted by atomic mass is 35.5. The Morgan fingerprint density at radius 3 is 2.79 bits per heavy atom. The van der Waals surface area contributed by atoms with E-state index in [1.165, 1.54) is 0 Å². The molecule has 0 saturated carbocycles. The lowest BCUT2D eigenvalue weighted by molar-refractivity contribution is 0.0786. The van der Waals surface area contributed by atoms with Crippen LogP contribution in [-0.4, -0.2) is 42.6 Å². The van der Waals surface area contributed by atoms with Gasteiger partial charge in [-0.3, -0.25) is 4.79 Å². The number of aryl methyl sites for hydroxylation is 1. The minimum atomic E-state index is -0.0849. The van der Waals surface area contributed by atoms with E-state index in [4.69, 9.17) is 27.7 Å². The summed E-state index contributed by atoms with van der Waals surface area (Å²) in [5.74, 6) is 0.854. The van der Waals surface area contributed by atoms with E-state index in [0.29, 0.717) is 38.5 Å². The molecule has 7 heteroatoms. The summed E-state index contributed by atoms with van der Waals surface area (Å²) in [5.41, 5.74) is 1.38. The molecule has 1 amide bonds. The Hall–Kier alpha value is -1.56. The van der Waals surface area contributed by atoms with Crippen molar-refractivity contribution >= 4 is 29.1 Å². The highest BCUT2D eigenvalue weighted by Gasteiger charge is 2.32. The lowest BCUT2D eigenvalue weighted by atomic mass is 10.0. The summed E-state index contributed by atoms with van der Waals surface area (Å²) < 4.78 is 5.29. The molecule has 2 aromatic rings. The van der Waals surface area contributed by atoms with Crippen molar-refractivity contribution in [3.05, 3.63) is 39.6 Å². The van der Waals surface area contributed by atoms with Crippen molar-refractivity contribution in [1.29, 1.82) is 0 Å². The van der Waals surface area contributed by atoms with Gasteiger partial charge in [-0.15, -0.1) is 0 Å². The van der Waals surface area contributed by atoms with E-state index in [2.05, 4.69) is 10.5 Å². The summed E-state index contributed by atoms with van der Waals surface area (Å²) in [6.07, 6.45) is 0.985. The van der Waals surface area contributed by atoms with Crippen LogP contribution >= 0.6 is 23.2 Å². The van der Waals surface area contributed by atoms with Crippen LogP contribution in [0, 0.1) is 12.8 Å². The molecule has 5 nitrogen and oxygen atoms in total. The second-order valence-electron chi connectivity index (χ2n) is 6.02. The number of aromatic nitrogens is 1. The SMILES string of the molecule is CNCC1CCN(C(=O)c2c(-c3c(Cl)cccc3Cl)noc2C)C1. The summed E-state index contributed by atoms with van der Waals surface area (Å²) >= 11 is 12.5. The first-order chi connectivity index (χ1) is 11.5. The molecule has 1 unspecified atom stereocenters. The molecule has 128 valence electrons. The third-order valence-electron chi connectivity index (χ3n) is 4.34. The average molecular weight is 368 g/mol. The quantitative estimate of drug-likeness (QED) is 0.895. The molecular weight excluding hydrogens is 349 g/mol. The van der Waals surface area contributed by atoms with Crippen LogP contribution in [0.15, 0.2) is 22.7 Å². The fraction of sp³-hybridized carbons (Fsp3) is 0.412. The standard InChI is InChI=1S/C17H19Cl2N3O2/c1-10-14(17(23)22-7-6-11(9-22)8-20-2)16(21-24-10)15-12(18)4-3-5-13(15)19/h3-5,11,20H,6-9H2,1-2H3. The summed E-state index contributed by atoms with van der Waals surface area (Å²) in [5, 5.41) is 8.10. The van der Waals surface area contributed by atoms with Crippen LogP contribution in [0.5, 0.6) is 0 Å². The smallest absolute Gasteiger partial charge is 0.259 e. The van der Waals surface area contributed by atoms with E-state index in [0.717, 1.165) is 26.1 Å². The first-order valence-corrected chi connectivity index (χ1v) is 8.63. The van der Waals surface area contributed by atoms with Crippen molar-refractivity contribution in [2.24, 2.45) is 5.92 Å². The number of likely N-dealkylation sites (tertiary alicyclic amines) is 1. The molecule has 0 spiro atoms. The Morgan fingerprint density at radius 2 is 2.12 bits per heavy atom. The Bertz CT molecular complexity index is 740. The summed E-state index contributed by atoms with van der Waals surface area (Å²) in [6, 6.07) is 5.20. The van der Waals surface area contributed by atoms with Gasteiger partial charge in [0.15, 0.2) is 0 Å². The van der Waals surface area contributed by atoms with Crippen LogP contribution in [0.1, 0.15) is 22.5 Å². The lowest BCUT2D eigenvalue weighted by Gasteiger charge is -2.17. The largest absolute Gasteiger partial charge is 0.360 e. The van der Waals surface area contributed by atoms with Gasteiger partial charge in [-0.1, -0.05) is 34.4 Å². The highest BCUT2D eigenvalue weighted by Crippen LogP contribution is 2.37. The molecule has 0 bridgehead atoms. The van der Waals surface area contributed by atoms with Gasteiger partial charge in [0.1, 0.15) is 17.0 Å². The van der Waals surface area contributed by atoms with E-state index in [1.807, 2.05) is 11.9 Å². The van der Waals surface area contributed by atoms with Gasteiger partial charge >= 0.3 is 0 Å². The van der Waals surface area contributed by atoms with Crippen LogP contribution in [0.2, 0.25) is 10.0 Å². The maximum absolute atomic E-state index is 13.0. The van der Waals surface area contributed by atoms with E-state index < -0.39 is 0 Å². The molecule has 1 aliphatic heterocycles. The van der Waals surface area contributed by atoms with Gasteiger partial charge < -0.3 is 14.7 Å². The maximum atomic E-state index is 13.0. The molecule has 1 N–H and O–H groups in total. The van der Waals surface area contributed by atoms with Crippen molar-refractivity contribution < 1.29 is 9.32 Å². The van der Waals surface area contributed by atoms with Crippen LogP contribution in [-0.2, 0) is 0 Å². The first-order valence-electron chi connectivity index (χ1n) is 7.87. The minimum Gasteiger partial charge on any atom is -0.360 e. The van der Waals surface area contributed by atoms with E-state index >= 15 is 0 Å². The third-order valence-corrected chi connectivity index (χ3v) is 4.97. The number of nitrogens with zero attached hydrogens (tertiary/aromatic N) is 2. The van der Waals surface area contributed by atoms with Gasteiger partial charge in [0, 0.05) is 18.7 Å². The molecule has 1 atom stereocenters. The summed E-state index contributed by atoms with van der Waals surface area (Å²) in [7, 11) is 1.92. The Morgan fingerprint density at radius 1 is 1.42 bits per heavy atom. The number of benzene rings is 1. The number of rotatable bonds is 4. The Balaban J connectivity index is 1.95. The molecule has 2 heterocycles. The molecule has 0 aliphatic carbocycles. The molecule has 24 heavy (non-hydrogen) atoms. The number of amides is 1. The zero-order valence-electron chi connectivity index (χ0n) is 13.6. The second-order valence-corrected chi connectivity index (χ2v) is 6.84. The number of carbonyl (C=O) groups excluding carboxylic acids is 1. The zero-order chi connectivity index (χ0) is 17.3. The van der Waals surface area contributed by atoms with E-state index in [9.17, 15) is 4.79 Å². The molecule has 1 aromatic carbocycles. The summed E-state index contributed by atoms with van der Waals surface area (Å²) in [6.45, 7) is 4.08. The number of carbonyl (C=O) groups is 1. The van der Waals surface area contributed by atoms with E-state index in [-0.39, 0.29) is 5.91 Å². The van der Waals surface area contributed by atoms with Crippen LogP contribution in [0.25, 0.3) is 11.3 Å². The lowest BCUT2D eigenvalue weighted by Crippen LogP contribution is -2.30. The fourth-order valence-electron chi connectivity index (χ4n) is 3.15. The fourth-order valence-corrected chi connectivity index (χ4v) is 3.73. The Labute approximate surface area is 150 Å². The molecular formula is C17H19Cl2N3O2. The van der Waals surface area contributed by atoms with Crippen LogP contribution < -0.4 is 5.32 Å². The molecule has 1 fully saturated rings. The first kappa shape index (κ1) is 17.3. The summed E-state index contributed by atoms with van der Waals surface area (Å²) in [4.78, 5) is 14.9. The molecule has 1 saturated heterocycles. The van der Waals surface area contributed by atoms with E-state index in [1.54, 1.807) is 25.1 Å². The van der Waals surface area contributed by atoms with Gasteiger partial charge in [0.25, 0.3) is 5.91 Å². The number of nitrogens with one attached hydrogen (secondary N) is 1. The topological polar surface area (TPSA) is 58.4 Å². The van der Waals surface area contributed by atoms with Crippen molar-refractivity contribution in [2.45, 2.75) is 13.3 Å². The average Bonchev–Trinajstić information content (AvgIpc) is 3.14. The number of hydrogen-bond donors (Lipinski definition) is 1. The van der Waals surface area contributed by atoms with Crippen molar-refractivity contribution in [1.82, 2.24) is 15.4 Å². The molecule has 1 aromatic heterocycles. The number of hydrogen-bond acceptors (Lipinski definition) is 4. The molecule has 1 aliphatic rings. The second kappa shape index (κ2) is 7.13. The minimum absolute atomic E-state index is 0.0849. The van der Waals surface area contributed by atoms with Crippen LogP contribution in [0.4, 0.5) is 0 Å². The van der Waals surface area contributed by atoms with Gasteiger partial charge in [-0.25, -0.2) is 0 Å². The van der Waals surface area contributed by atoms with Crippen molar-refractivity contribution in [2.75, 3.05) is 26.7 Å².